The molecule has 0 saturated carbocycles. The number of aliphatic carboxylic acids is 1. The molecule has 0 aliphatic heterocycles. The minimum atomic E-state index is -5.12. The number of alkyl halides is 3. The molecule has 1 aromatic rings. The number of rotatable bonds is 8. The van der Waals surface area contributed by atoms with Crippen LogP contribution < -0.4 is 5.73 Å². The highest BCUT2D eigenvalue weighted by molar-refractivity contribution is 7.92. The van der Waals surface area contributed by atoms with E-state index >= 15 is 0 Å². The van der Waals surface area contributed by atoms with Crippen LogP contribution in [-0.4, -0.2) is 54.1 Å². The van der Waals surface area contributed by atoms with Crippen LogP contribution in [0.4, 0.5) is 13.2 Å². The Labute approximate surface area is 135 Å². The first-order valence-corrected chi connectivity index (χ1v) is 8.57. The van der Waals surface area contributed by atoms with E-state index < -0.39 is 57.1 Å². The summed E-state index contributed by atoms with van der Waals surface area (Å²) in [4.78, 5) is 17.5. The maximum atomic E-state index is 13.2. The molecule has 136 valence electrons. The summed E-state index contributed by atoms with van der Waals surface area (Å²) >= 11 is 0. The number of aromatic nitrogens is 2. The first-order valence-electron chi connectivity index (χ1n) is 6.67. The fourth-order valence-electron chi connectivity index (χ4n) is 1.78. The third kappa shape index (κ3) is 5.11. The van der Waals surface area contributed by atoms with Crippen LogP contribution in [0.15, 0.2) is 18.6 Å². The normalized spacial score (nSPS) is 18.4. The Balaban J connectivity index is 2.88. The molecule has 24 heavy (non-hydrogen) atoms. The van der Waals surface area contributed by atoms with Gasteiger partial charge in [-0.15, -0.1) is 0 Å². The quantitative estimate of drug-likeness (QED) is 0.519. The second-order valence-electron chi connectivity index (χ2n) is 5.15. The van der Waals surface area contributed by atoms with E-state index in [4.69, 9.17) is 15.6 Å². The molecule has 0 radical (unpaired) electrons. The van der Waals surface area contributed by atoms with Crippen molar-refractivity contribution in [3.8, 4) is 0 Å². The smallest absolute Gasteiger partial charge is 0.423 e. The summed E-state index contributed by atoms with van der Waals surface area (Å²) in [6.45, 7) is 0. The third-order valence-electron chi connectivity index (χ3n) is 3.33. The van der Waals surface area contributed by atoms with Gasteiger partial charge in [0.05, 0.1) is 11.9 Å². The Morgan fingerprint density at radius 1 is 1.38 bits per heavy atom. The number of aliphatic hydroxyl groups is 1. The number of nitrogens with one attached hydrogen (secondary N) is 1. The highest BCUT2D eigenvalue weighted by atomic mass is 32.2. The third-order valence-corrected chi connectivity index (χ3v) is 5.08. The topological polar surface area (TPSA) is 150 Å². The Hall–Kier alpha value is -1.79. The Kier molecular flexibility index (Phi) is 6.25. The number of carboxylic acids is 1. The molecule has 1 rings (SSSR count). The maximum absolute atomic E-state index is 13.2. The predicted molar refractivity (Wildman–Crippen MR) is 77.4 cm³/mol. The Bertz CT molecular complexity index is 669. The van der Waals surface area contributed by atoms with E-state index in [0.717, 1.165) is 18.6 Å². The van der Waals surface area contributed by atoms with E-state index in [1.807, 2.05) is 0 Å². The number of hydrogen-bond donors (Lipinski definition) is 4. The molecule has 0 aliphatic carbocycles. The van der Waals surface area contributed by atoms with Crippen LogP contribution in [0.25, 0.3) is 0 Å². The number of halogens is 3. The fourth-order valence-corrected chi connectivity index (χ4v) is 3.25. The molecule has 0 saturated heterocycles. The summed E-state index contributed by atoms with van der Waals surface area (Å²) in [5, 5.41) is 18.6. The van der Waals surface area contributed by atoms with Gasteiger partial charge in [0.25, 0.3) is 0 Å². The van der Waals surface area contributed by atoms with Crippen molar-refractivity contribution in [2.45, 2.75) is 30.7 Å². The van der Waals surface area contributed by atoms with Crippen molar-refractivity contribution >= 4 is 15.7 Å². The van der Waals surface area contributed by atoms with Gasteiger partial charge in [-0.2, -0.15) is 13.2 Å². The molecule has 0 amide bonds. The number of carbonyl (C=O) groups is 1. The van der Waals surface area contributed by atoms with E-state index in [-0.39, 0.29) is 6.42 Å². The largest absolute Gasteiger partial charge is 0.480 e. The summed E-state index contributed by atoms with van der Waals surface area (Å²) in [5.41, 5.74) is 1.04. The minimum Gasteiger partial charge on any atom is -0.480 e. The summed E-state index contributed by atoms with van der Waals surface area (Å²) in [6, 6.07) is -1.36. The minimum absolute atomic E-state index is 0.326. The monoisotopic (exact) mass is 370 g/mol. The van der Waals surface area contributed by atoms with Crippen molar-refractivity contribution in [3.05, 3.63) is 24.3 Å². The Morgan fingerprint density at radius 2 is 2.00 bits per heavy atom. The second kappa shape index (κ2) is 7.40. The van der Waals surface area contributed by atoms with E-state index in [0.29, 0.717) is 0 Å². The lowest BCUT2D eigenvalue weighted by atomic mass is 9.96. The lowest BCUT2D eigenvalue weighted by Gasteiger charge is -2.29. The van der Waals surface area contributed by atoms with Crippen molar-refractivity contribution < 1.29 is 32.4 Å². The first kappa shape index (κ1) is 20.3. The van der Waals surface area contributed by atoms with Crippen molar-refractivity contribution in [1.82, 2.24) is 9.97 Å². The van der Waals surface area contributed by atoms with Gasteiger partial charge < -0.3 is 15.9 Å². The average molecular weight is 370 g/mol. The fraction of sp³-hybridized carbons (Fsp3) is 0.583. The van der Waals surface area contributed by atoms with E-state index in [1.54, 1.807) is 0 Å². The predicted octanol–water partition coefficient (Wildman–Crippen LogP) is 0.465. The summed E-state index contributed by atoms with van der Waals surface area (Å²) in [6.07, 6.45) is -3.68. The zero-order chi connectivity index (χ0) is 18.6. The van der Waals surface area contributed by atoms with Crippen LogP contribution in [0, 0.1) is 4.78 Å². The zero-order valence-electron chi connectivity index (χ0n) is 12.4. The highest BCUT2D eigenvalue weighted by Gasteiger charge is 2.56. The van der Waals surface area contributed by atoms with Gasteiger partial charge in [-0.3, -0.25) is 19.5 Å². The summed E-state index contributed by atoms with van der Waals surface area (Å²) < 4.78 is 59.2. The van der Waals surface area contributed by atoms with Crippen LogP contribution in [0.2, 0.25) is 0 Å². The molecule has 8 nitrogen and oxygen atoms in total. The molecule has 12 heteroatoms. The summed E-state index contributed by atoms with van der Waals surface area (Å²) in [5.74, 6) is -2.66. The number of nitrogens with zero attached hydrogens (tertiary/aromatic N) is 2. The summed E-state index contributed by atoms with van der Waals surface area (Å²) in [7, 11) is -3.56. The number of carboxylic acid groups (broad SMARTS) is 1. The van der Waals surface area contributed by atoms with Crippen LogP contribution in [-0.2, 0) is 20.1 Å². The molecular weight excluding hydrogens is 353 g/mol. The Morgan fingerprint density at radius 3 is 2.46 bits per heavy atom. The molecule has 0 fully saturated rings. The molecular formula is C12H17F3N4O4S. The lowest BCUT2D eigenvalue weighted by molar-refractivity contribution is -0.269. The molecule has 0 aliphatic rings. The molecule has 1 heterocycles. The van der Waals surface area contributed by atoms with Gasteiger partial charge >= 0.3 is 12.1 Å². The molecule has 0 aromatic carbocycles. The van der Waals surface area contributed by atoms with Gasteiger partial charge in [-0.25, -0.2) is 4.21 Å². The molecule has 2 unspecified atom stereocenters. The SMILES string of the molecule is N=S(=O)(CC[C@H](N)C(=O)O)CCC(O)(c1cnccn1)C(F)(F)F. The van der Waals surface area contributed by atoms with Crippen LogP contribution >= 0.6 is 0 Å². The van der Waals surface area contributed by atoms with E-state index in [1.165, 1.54) is 0 Å². The van der Waals surface area contributed by atoms with Crippen molar-refractivity contribution in [3.63, 3.8) is 0 Å². The van der Waals surface area contributed by atoms with Crippen molar-refractivity contribution in [2.24, 2.45) is 5.73 Å². The standard InChI is InChI=1S/C12H17F3N4O4S/c13-12(14,15)11(22,9-7-18-3-4-19-9)2-6-24(17,23)5-1-8(16)10(20)21/h3-4,7-8,17,22H,1-2,5-6,16H2,(H,20,21)/t8-,11?,24?/m0/s1. The molecule has 3 atom stereocenters. The van der Waals surface area contributed by atoms with Crippen LogP contribution in [0.3, 0.4) is 0 Å². The second-order valence-corrected chi connectivity index (χ2v) is 7.59. The van der Waals surface area contributed by atoms with E-state index in [2.05, 4.69) is 9.97 Å². The van der Waals surface area contributed by atoms with Crippen molar-refractivity contribution in [1.29, 1.82) is 4.78 Å². The lowest BCUT2D eigenvalue weighted by Crippen LogP contribution is -2.44. The first-order chi connectivity index (χ1) is 10.9. The number of hydrogen-bond acceptors (Lipinski definition) is 7. The zero-order valence-corrected chi connectivity index (χ0v) is 13.2. The van der Waals surface area contributed by atoms with E-state index in [9.17, 15) is 27.3 Å². The van der Waals surface area contributed by atoms with Gasteiger partial charge in [0, 0.05) is 40.0 Å². The molecule has 5 N–H and O–H groups in total. The van der Waals surface area contributed by atoms with Crippen LogP contribution in [0.1, 0.15) is 18.5 Å². The van der Waals surface area contributed by atoms with Gasteiger partial charge in [-0.1, -0.05) is 0 Å². The van der Waals surface area contributed by atoms with Gasteiger partial charge in [0.15, 0.2) is 0 Å². The highest BCUT2D eigenvalue weighted by Crippen LogP contribution is 2.40. The van der Waals surface area contributed by atoms with Gasteiger partial charge in [-0.05, 0) is 6.42 Å². The number of nitrogens with two attached hydrogens (primary N) is 1. The average Bonchev–Trinajstić information content (AvgIpc) is 2.50. The molecule has 1 aromatic heterocycles. The molecule has 0 spiro atoms. The molecule has 0 bridgehead atoms. The van der Waals surface area contributed by atoms with Gasteiger partial charge in [0.2, 0.25) is 5.60 Å². The van der Waals surface area contributed by atoms with Crippen LogP contribution in [0.5, 0.6) is 0 Å². The van der Waals surface area contributed by atoms with Crippen molar-refractivity contribution in [2.75, 3.05) is 11.5 Å². The van der Waals surface area contributed by atoms with Gasteiger partial charge in [0.1, 0.15) is 6.04 Å². The maximum Gasteiger partial charge on any atom is 0.423 e.